The summed E-state index contributed by atoms with van der Waals surface area (Å²) >= 11 is 0. The highest BCUT2D eigenvalue weighted by Crippen LogP contribution is 2.05. The van der Waals surface area contributed by atoms with Gasteiger partial charge in [0.05, 0.1) is 0 Å². The van der Waals surface area contributed by atoms with Crippen LogP contribution in [0.1, 0.15) is 5.82 Å². The molecule has 0 atom stereocenters. The summed E-state index contributed by atoms with van der Waals surface area (Å²) in [4.78, 5) is 16.2. The lowest BCUT2D eigenvalue weighted by Gasteiger charge is -2.03. The van der Waals surface area contributed by atoms with Crippen LogP contribution in [0.4, 0.5) is 5.95 Å². The standard InChI is InChI=1S/C7H12N4O2/c1-10(2)7-8-5(4-6(12)13)11(3)9-7/h4H2,1-3H3,(H,12,13). The van der Waals surface area contributed by atoms with Crippen LogP contribution in [-0.4, -0.2) is 39.9 Å². The molecule has 0 spiro atoms. The van der Waals surface area contributed by atoms with E-state index in [1.807, 2.05) is 0 Å². The molecule has 0 aliphatic heterocycles. The van der Waals surface area contributed by atoms with E-state index >= 15 is 0 Å². The maximum absolute atomic E-state index is 10.4. The number of rotatable bonds is 3. The van der Waals surface area contributed by atoms with Crippen molar-refractivity contribution in [2.45, 2.75) is 6.42 Å². The van der Waals surface area contributed by atoms with Gasteiger partial charge in [-0.15, -0.1) is 5.10 Å². The zero-order valence-corrected chi connectivity index (χ0v) is 7.85. The molecule has 1 heterocycles. The first-order chi connectivity index (χ1) is 6.00. The molecule has 0 bridgehead atoms. The third kappa shape index (κ3) is 2.17. The van der Waals surface area contributed by atoms with Gasteiger partial charge in [-0.05, 0) is 0 Å². The van der Waals surface area contributed by atoms with Crippen molar-refractivity contribution in [1.82, 2.24) is 14.8 Å². The zero-order valence-electron chi connectivity index (χ0n) is 7.85. The first-order valence-electron chi connectivity index (χ1n) is 3.79. The molecule has 1 rings (SSSR count). The fourth-order valence-corrected chi connectivity index (χ4v) is 0.881. The van der Waals surface area contributed by atoms with E-state index in [1.54, 1.807) is 26.0 Å². The largest absolute Gasteiger partial charge is 0.481 e. The second-order valence-electron chi connectivity index (χ2n) is 2.92. The van der Waals surface area contributed by atoms with Crippen LogP contribution in [0.15, 0.2) is 0 Å². The summed E-state index contributed by atoms with van der Waals surface area (Å²) in [6.45, 7) is 0. The van der Waals surface area contributed by atoms with Gasteiger partial charge < -0.3 is 10.0 Å². The summed E-state index contributed by atoms with van der Waals surface area (Å²) in [5, 5.41) is 12.6. The van der Waals surface area contributed by atoms with E-state index in [-0.39, 0.29) is 6.42 Å². The highest BCUT2D eigenvalue weighted by Gasteiger charge is 2.11. The van der Waals surface area contributed by atoms with Gasteiger partial charge in [0, 0.05) is 21.1 Å². The van der Waals surface area contributed by atoms with Crippen molar-refractivity contribution in [3.63, 3.8) is 0 Å². The molecule has 1 aromatic rings. The molecule has 6 nitrogen and oxygen atoms in total. The van der Waals surface area contributed by atoms with Crippen molar-refractivity contribution in [3.05, 3.63) is 5.82 Å². The average Bonchev–Trinajstić information content (AvgIpc) is 2.31. The molecule has 0 amide bonds. The molecule has 1 aromatic heterocycles. The quantitative estimate of drug-likeness (QED) is 0.686. The number of aromatic nitrogens is 3. The van der Waals surface area contributed by atoms with E-state index in [0.29, 0.717) is 11.8 Å². The van der Waals surface area contributed by atoms with E-state index in [0.717, 1.165) is 0 Å². The van der Waals surface area contributed by atoms with Crippen molar-refractivity contribution < 1.29 is 9.90 Å². The fourth-order valence-electron chi connectivity index (χ4n) is 0.881. The molecule has 13 heavy (non-hydrogen) atoms. The molecule has 1 N–H and O–H groups in total. The Morgan fingerprint density at radius 3 is 2.62 bits per heavy atom. The Balaban J connectivity index is 2.89. The first-order valence-corrected chi connectivity index (χ1v) is 3.79. The van der Waals surface area contributed by atoms with Crippen LogP contribution in [0.5, 0.6) is 0 Å². The van der Waals surface area contributed by atoms with Crippen LogP contribution >= 0.6 is 0 Å². The molecule has 0 radical (unpaired) electrons. The number of carboxylic acids is 1. The van der Waals surface area contributed by atoms with Crippen LogP contribution in [0.2, 0.25) is 0 Å². The zero-order chi connectivity index (χ0) is 10.0. The smallest absolute Gasteiger partial charge is 0.311 e. The minimum Gasteiger partial charge on any atom is -0.481 e. The van der Waals surface area contributed by atoms with Gasteiger partial charge in [0.2, 0.25) is 5.95 Å². The van der Waals surface area contributed by atoms with Crippen LogP contribution in [0, 0.1) is 0 Å². The van der Waals surface area contributed by atoms with E-state index < -0.39 is 5.97 Å². The molecule has 0 saturated heterocycles. The number of hydrogen-bond acceptors (Lipinski definition) is 4. The van der Waals surface area contributed by atoms with Gasteiger partial charge in [-0.25, -0.2) is 0 Å². The van der Waals surface area contributed by atoms with Gasteiger partial charge >= 0.3 is 5.97 Å². The Kier molecular flexibility index (Phi) is 2.50. The van der Waals surface area contributed by atoms with E-state index in [2.05, 4.69) is 10.1 Å². The summed E-state index contributed by atoms with van der Waals surface area (Å²) in [5.41, 5.74) is 0. The Bertz CT molecular complexity index is 318. The third-order valence-corrected chi connectivity index (χ3v) is 1.55. The number of aliphatic carboxylic acids is 1. The molecule has 6 heteroatoms. The van der Waals surface area contributed by atoms with Crippen LogP contribution < -0.4 is 4.90 Å². The lowest BCUT2D eigenvalue weighted by atomic mass is 10.4. The normalized spacial score (nSPS) is 10.1. The molecule has 72 valence electrons. The van der Waals surface area contributed by atoms with Crippen molar-refractivity contribution in [3.8, 4) is 0 Å². The summed E-state index contributed by atoms with van der Waals surface area (Å²) < 4.78 is 1.48. The average molecular weight is 184 g/mol. The van der Waals surface area contributed by atoms with Gasteiger partial charge in [-0.2, -0.15) is 4.98 Å². The highest BCUT2D eigenvalue weighted by atomic mass is 16.4. The topological polar surface area (TPSA) is 71.2 Å². The Morgan fingerprint density at radius 2 is 2.23 bits per heavy atom. The molecular formula is C7H12N4O2. The van der Waals surface area contributed by atoms with Crippen molar-refractivity contribution >= 4 is 11.9 Å². The van der Waals surface area contributed by atoms with Gasteiger partial charge in [0.15, 0.2) is 0 Å². The lowest BCUT2D eigenvalue weighted by Crippen LogP contribution is -2.10. The van der Waals surface area contributed by atoms with Gasteiger partial charge in [0.25, 0.3) is 0 Å². The molecular weight excluding hydrogens is 172 g/mol. The van der Waals surface area contributed by atoms with Gasteiger partial charge in [-0.3, -0.25) is 9.48 Å². The predicted octanol–water partition coefficient (Wildman–Crippen LogP) is -0.492. The molecule has 0 aromatic carbocycles. The molecule has 0 aliphatic carbocycles. The van der Waals surface area contributed by atoms with Crippen molar-refractivity contribution in [2.24, 2.45) is 7.05 Å². The van der Waals surface area contributed by atoms with Crippen LogP contribution in [0.3, 0.4) is 0 Å². The second kappa shape index (κ2) is 3.42. The number of nitrogens with zero attached hydrogens (tertiary/aromatic N) is 4. The van der Waals surface area contributed by atoms with Crippen molar-refractivity contribution in [2.75, 3.05) is 19.0 Å². The number of carbonyl (C=O) groups is 1. The number of anilines is 1. The fraction of sp³-hybridized carbons (Fsp3) is 0.571. The monoisotopic (exact) mass is 184 g/mol. The van der Waals surface area contributed by atoms with Gasteiger partial charge in [-0.1, -0.05) is 0 Å². The summed E-state index contributed by atoms with van der Waals surface area (Å²) in [6.07, 6.45) is -0.0999. The number of hydrogen-bond donors (Lipinski definition) is 1. The summed E-state index contributed by atoms with van der Waals surface area (Å²) in [5.74, 6) is 0.0794. The molecule has 0 saturated carbocycles. The summed E-state index contributed by atoms with van der Waals surface area (Å²) in [7, 11) is 5.29. The summed E-state index contributed by atoms with van der Waals surface area (Å²) in [6, 6.07) is 0. The molecule has 0 aliphatic rings. The number of carboxylic acid groups (broad SMARTS) is 1. The minimum atomic E-state index is -0.902. The Morgan fingerprint density at radius 1 is 1.62 bits per heavy atom. The molecule has 0 fully saturated rings. The maximum Gasteiger partial charge on any atom is 0.311 e. The minimum absolute atomic E-state index is 0.0999. The van der Waals surface area contributed by atoms with Gasteiger partial charge in [0.1, 0.15) is 12.2 Å². The third-order valence-electron chi connectivity index (χ3n) is 1.55. The predicted molar refractivity (Wildman–Crippen MR) is 46.7 cm³/mol. The van der Waals surface area contributed by atoms with E-state index in [4.69, 9.17) is 5.11 Å². The molecule has 0 unspecified atom stereocenters. The van der Waals surface area contributed by atoms with Crippen LogP contribution in [-0.2, 0) is 18.3 Å². The Hall–Kier alpha value is -1.59. The highest BCUT2D eigenvalue weighted by molar-refractivity contribution is 5.69. The maximum atomic E-state index is 10.4. The Labute approximate surface area is 75.8 Å². The number of aryl methyl sites for hydroxylation is 1. The second-order valence-corrected chi connectivity index (χ2v) is 2.92. The SMILES string of the molecule is CN(C)c1nc(CC(=O)O)n(C)n1. The lowest BCUT2D eigenvalue weighted by molar-refractivity contribution is -0.136. The van der Waals surface area contributed by atoms with Crippen LogP contribution in [0.25, 0.3) is 0 Å². The van der Waals surface area contributed by atoms with Crippen molar-refractivity contribution in [1.29, 1.82) is 0 Å². The van der Waals surface area contributed by atoms with E-state index in [9.17, 15) is 4.79 Å². The first kappa shape index (κ1) is 9.50. The van der Waals surface area contributed by atoms with E-state index in [1.165, 1.54) is 4.68 Å².